The van der Waals surface area contributed by atoms with Crippen LogP contribution in [0.4, 0.5) is 0 Å². The first-order valence-corrected chi connectivity index (χ1v) is 11.1. The number of nitrogens with zero attached hydrogens (tertiary/aromatic N) is 3. The van der Waals surface area contributed by atoms with E-state index in [1.165, 1.54) is 11.1 Å². The minimum Gasteiger partial charge on any atom is -0.304 e. The Balaban J connectivity index is 1.95. The highest BCUT2D eigenvalue weighted by Crippen LogP contribution is 2.30. The average Bonchev–Trinajstić information content (AvgIpc) is 2.78. The van der Waals surface area contributed by atoms with Crippen LogP contribution in [0.15, 0.2) is 54.6 Å². The Labute approximate surface area is 181 Å². The van der Waals surface area contributed by atoms with E-state index in [-0.39, 0.29) is 0 Å². The van der Waals surface area contributed by atoms with Crippen LogP contribution in [-0.2, 0) is 17.9 Å². The van der Waals surface area contributed by atoms with Crippen molar-refractivity contribution in [2.75, 3.05) is 46.3 Å². The number of piperazine rings is 1. The second-order valence-electron chi connectivity index (χ2n) is 8.07. The van der Waals surface area contributed by atoms with Crippen LogP contribution in [0.2, 0.25) is 0 Å². The summed E-state index contributed by atoms with van der Waals surface area (Å²) in [6.45, 7) is 12.6. The Hall–Kier alpha value is -2.27. The third-order valence-corrected chi connectivity index (χ3v) is 6.13. The summed E-state index contributed by atoms with van der Waals surface area (Å²) >= 11 is 0. The first-order chi connectivity index (χ1) is 14.7. The summed E-state index contributed by atoms with van der Waals surface area (Å²) in [5, 5.41) is 0. The van der Waals surface area contributed by atoms with Crippen molar-refractivity contribution in [3.8, 4) is 0 Å². The van der Waals surface area contributed by atoms with Crippen LogP contribution in [0, 0.1) is 0 Å². The molecule has 4 nitrogen and oxygen atoms in total. The molecule has 4 heteroatoms. The standard InChI is InChI=1S/C26H35N3O/c1-4-28(5-2)20-22-10-6-8-12-24(22)26(14-19-30)25-13-9-7-11-23(25)21-29-17-15-27(3)16-18-29/h6-14,19H,4-5,15-18,20-21H2,1-3H3. The lowest BCUT2D eigenvalue weighted by molar-refractivity contribution is -0.104. The van der Waals surface area contributed by atoms with Gasteiger partial charge in [0.1, 0.15) is 6.29 Å². The maximum absolute atomic E-state index is 11.6. The molecule has 160 valence electrons. The predicted octanol–water partition coefficient (Wildman–Crippen LogP) is 3.91. The van der Waals surface area contributed by atoms with Crippen molar-refractivity contribution >= 4 is 11.9 Å². The van der Waals surface area contributed by atoms with E-state index in [2.05, 4.69) is 84.1 Å². The molecule has 0 radical (unpaired) electrons. The van der Waals surface area contributed by atoms with Gasteiger partial charge in [-0.3, -0.25) is 14.6 Å². The summed E-state index contributed by atoms with van der Waals surface area (Å²) in [4.78, 5) is 18.9. The second-order valence-corrected chi connectivity index (χ2v) is 8.07. The summed E-state index contributed by atoms with van der Waals surface area (Å²) in [6, 6.07) is 17.1. The number of hydrogen-bond donors (Lipinski definition) is 0. The molecule has 2 aromatic rings. The molecule has 0 atom stereocenters. The van der Waals surface area contributed by atoms with Crippen molar-refractivity contribution in [1.29, 1.82) is 0 Å². The van der Waals surface area contributed by atoms with Crippen LogP contribution in [-0.4, -0.2) is 67.3 Å². The van der Waals surface area contributed by atoms with Crippen LogP contribution >= 0.6 is 0 Å². The van der Waals surface area contributed by atoms with Gasteiger partial charge in [-0.2, -0.15) is 0 Å². The highest BCUT2D eigenvalue weighted by Gasteiger charge is 2.18. The third-order valence-electron chi connectivity index (χ3n) is 6.13. The van der Waals surface area contributed by atoms with Gasteiger partial charge >= 0.3 is 0 Å². The molecule has 1 fully saturated rings. The zero-order valence-electron chi connectivity index (χ0n) is 18.7. The van der Waals surface area contributed by atoms with Gasteiger partial charge in [0.25, 0.3) is 0 Å². The molecule has 0 N–H and O–H groups in total. The Kier molecular flexibility index (Phi) is 8.38. The quantitative estimate of drug-likeness (QED) is 0.467. The number of likely N-dealkylation sites (N-methyl/N-ethyl adjacent to an activating group) is 1. The van der Waals surface area contributed by atoms with E-state index in [0.29, 0.717) is 0 Å². The predicted molar refractivity (Wildman–Crippen MR) is 125 cm³/mol. The van der Waals surface area contributed by atoms with Crippen molar-refractivity contribution in [3.63, 3.8) is 0 Å². The molecule has 0 aromatic heterocycles. The van der Waals surface area contributed by atoms with Crippen molar-refractivity contribution < 1.29 is 4.79 Å². The number of benzene rings is 2. The van der Waals surface area contributed by atoms with Gasteiger partial charge in [0, 0.05) is 39.3 Å². The fourth-order valence-corrected chi connectivity index (χ4v) is 4.17. The van der Waals surface area contributed by atoms with Crippen molar-refractivity contribution in [2.24, 2.45) is 0 Å². The van der Waals surface area contributed by atoms with Crippen LogP contribution in [0.5, 0.6) is 0 Å². The Morgan fingerprint density at radius 3 is 2.07 bits per heavy atom. The fourth-order valence-electron chi connectivity index (χ4n) is 4.17. The van der Waals surface area contributed by atoms with Crippen molar-refractivity contribution in [2.45, 2.75) is 26.9 Å². The molecule has 0 aliphatic carbocycles. The maximum atomic E-state index is 11.6. The largest absolute Gasteiger partial charge is 0.304 e. The molecule has 2 aromatic carbocycles. The lowest BCUT2D eigenvalue weighted by Gasteiger charge is -2.33. The molecule has 0 amide bonds. The zero-order valence-corrected chi connectivity index (χ0v) is 18.7. The van der Waals surface area contributed by atoms with Gasteiger partial charge in [0.05, 0.1) is 0 Å². The number of carbonyl (C=O) groups is 1. The number of carbonyl (C=O) groups excluding carboxylic acids is 1. The summed E-state index contributed by atoms with van der Waals surface area (Å²) in [6.07, 6.45) is 2.67. The molecule has 0 bridgehead atoms. The number of hydrogen-bond acceptors (Lipinski definition) is 4. The third kappa shape index (κ3) is 5.66. The molecule has 0 unspecified atom stereocenters. The van der Waals surface area contributed by atoms with E-state index < -0.39 is 0 Å². The van der Waals surface area contributed by atoms with Crippen LogP contribution in [0.25, 0.3) is 5.57 Å². The smallest absolute Gasteiger partial charge is 0.143 e. The number of rotatable bonds is 9. The van der Waals surface area contributed by atoms with E-state index in [9.17, 15) is 4.79 Å². The Morgan fingerprint density at radius 2 is 1.47 bits per heavy atom. The summed E-state index contributed by atoms with van der Waals surface area (Å²) in [7, 11) is 2.18. The van der Waals surface area contributed by atoms with Gasteiger partial charge in [-0.15, -0.1) is 0 Å². The lowest BCUT2D eigenvalue weighted by Crippen LogP contribution is -2.44. The molecule has 1 saturated heterocycles. The van der Waals surface area contributed by atoms with Gasteiger partial charge in [0.15, 0.2) is 0 Å². The zero-order chi connectivity index (χ0) is 21.3. The first kappa shape index (κ1) is 22.4. The first-order valence-electron chi connectivity index (χ1n) is 11.1. The molecule has 3 rings (SSSR count). The van der Waals surface area contributed by atoms with E-state index in [4.69, 9.17) is 0 Å². The van der Waals surface area contributed by atoms with Crippen LogP contribution < -0.4 is 0 Å². The van der Waals surface area contributed by atoms with E-state index in [0.717, 1.165) is 75.3 Å². The van der Waals surface area contributed by atoms with Gasteiger partial charge in [0.2, 0.25) is 0 Å². The van der Waals surface area contributed by atoms with E-state index in [1.807, 2.05) is 0 Å². The van der Waals surface area contributed by atoms with Gasteiger partial charge in [-0.1, -0.05) is 62.4 Å². The van der Waals surface area contributed by atoms with Crippen molar-refractivity contribution in [3.05, 3.63) is 76.9 Å². The van der Waals surface area contributed by atoms with Crippen molar-refractivity contribution in [1.82, 2.24) is 14.7 Å². The lowest BCUT2D eigenvalue weighted by atomic mass is 9.90. The maximum Gasteiger partial charge on any atom is 0.143 e. The van der Waals surface area contributed by atoms with Crippen LogP contribution in [0.3, 0.4) is 0 Å². The van der Waals surface area contributed by atoms with Gasteiger partial charge in [-0.25, -0.2) is 0 Å². The molecule has 0 spiro atoms. The highest BCUT2D eigenvalue weighted by atomic mass is 16.1. The molecule has 0 saturated carbocycles. The molecular weight excluding hydrogens is 370 g/mol. The van der Waals surface area contributed by atoms with Gasteiger partial charge in [-0.05, 0) is 54.0 Å². The van der Waals surface area contributed by atoms with Gasteiger partial charge < -0.3 is 4.90 Å². The summed E-state index contributed by atoms with van der Waals surface area (Å²) in [5.74, 6) is 0. The molecule has 1 aliphatic heterocycles. The van der Waals surface area contributed by atoms with E-state index in [1.54, 1.807) is 6.08 Å². The second kappa shape index (κ2) is 11.2. The molecular formula is C26H35N3O. The minimum absolute atomic E-state index is 0.889. The SMILES string of the molecule is CCN(CC)Cc1ccccc1C(=CC=O)c1ccccc1CN1CCN(C)CC1. The minimum atomic E-state index is 0.889. The molecule has 1 heterocycles. The average molecular weight is 406 g/mol. The topological polar surface area (TPSA) is 26.8 Å². The molecule has 30 heavy (non-hydrogen) atoms. The Morgan fingerprint density at radius 1 is 0.900 bits per heavy atom. The fraction of sp³-hybridized carbons (Fsp3) is 0.423. The number of allylic oxidation sites excluding steroid dienone is 1. The highest BCUT2D eigenvalue weighted by molar-refractivity contribution is 5.91. The van der Waals surface area contributed by atoms with E-state index >= 15 is 0 Å². The monoisotopic (exact) mass is 405 g/mol. The normalized spacial score (nSPS) is 16.2. The molecule has 1 aliphatic rings. The van der Waals surface area contributed by atoms with Crippen LogP contribution in [0.1, 0.15) is 36.1 Å². The summed E-state index contributed by atoms with van der Waals surface area (Å²) in [5.41, 5.74) is 5.90. The Bertz CT molecular complexity index is 849. The number of aldehydes is 1. The summed E-state index contributed by atoms with van der Waals surface area (Å²) < 4.78 is 0.